The minimum atomic E-state index is 0.151. The molecule has 1 fully saturated rings. The quantitative estimate of drug-likeness (QED) is 0.705. The maximum absolute atomic E-state index is 9.55. The molecule has 3 aromatic rings. The Bertz CT molecular complexity index is 899. The van der Waals surface area contributed by atoms with Crippen molar-refractivity contribution in [2.45, 2.75) is 25.9 Å². The number of nitrogens with zero attached hydrogens (tertiary/aromatic N) is 5. The van der Waals surface area contributed by atoms with Crippen molar-refractivity contribution in [2.75, 3.05) is 31.1 Å². The van der Waals surface area contributed by atoms with Gasteiger partial charge in [0.15, 0.2) is 0 Å². The number of aromatic nitrogens is 3. The number of benzene rings is 1. The fraction of sp³-hybridized carbons (Fsp3) is 0.381. The van der Waals surface area contributed by atoms with Gasteiger partial charge in [0.1, 0.15) is 0 Å². The summed E-state index contributed by atoms with van der Waals surface area (Å²) >= 11 is 0. The van der Waals surface area contributed by atoms with Crippen LogP contribution in [0.15, 0.2) is 53.1 Å². The highest BCUT2D eigenvalue weighted by Crippen LogP contribution is 2.23. The van der Waals surface area contributed by atoms with Crippen LogP contribution >= 0.6 is 0 Å². The SMILES string of the molecule is Cc1cccc(CN2CCN(c3noc(-c4ccccc4)n3)CC2CCO)n1. The van der Waals surface area contributed by atoms with Gasteiger partial charge in [0.2, 0.25) is 0 Å². The van der Waals surface area contributed by atoms with Crippen LogP contribution in [-0.2, 0) is 6.54 Å². The van der Waals surface area contributed by atoms with Crippen LogP contribution in [0.1, 0.15) is 17.8 Å². The number of anilines is 1. The molecule has 1 unspecified atom stereocenters. The predicted molar refractivity (Wildman–Crippen MR) is 107 cm³/mol. The van der Waals surface area contributed by atoms with Crippen molar-refractivity contribution >= 4 is 5.95 Å². The van der Waals surface area contributed by atoms with Gasteiger partial charge in [-0.2, -0.15) is 4.98 Å². The molecular formula is C21H25N5O2. The average molecular weight is 379 g/mol. The van der Waals surface area contributed by atoms with E-state index >= 15 is 0 Å². The van der Waals surface area contributed by atoms with E-state index in [1.807, 2.05) is 49.4 Å². The van der Waals surface area contributed by atoms with Crippen molar-refractivity contribution in [1.29, 1.82) is 0 Å². The van der Waals surface area contributed by atoms with Crippen LogP contribution in [0.5, 0.6) is 0 Å². The van der Waals surface area contributed by atoms with Gasteiger partial charge in [-0.3, -0.25) is 9.88 Å². The first kappa shape index (κ1) is 18.6. The van der Waals surface area contributed by atoms with E-state index in [1.165, 1.54) is 0 Å². The first-order chi connectivity index (χ1) is 13.7. The van der Waals surface area contributed by atoms with Gasteiger partial charge in [-0.05, 0) is 42.8 Å². The molecule has 1 atom stereocenters. The molecular weight excluding hydrogens is 354 g/mol. The first-order valence-electron chi connectivity index (χ1n) is 9.64. The Morgan fingerprint density at radius 1 is 1.07 bits per heavy atom. The van der Waals surface area contributed by atoms with Crippen LogP contribution in [0.3, 0.4) is 0 Å². The van der Waals surface area contributed by atoms with Crippen molar-refractivity contribution < 1.29 is 9.63 Å². The number of pyridine rings is 1. The Hall–Kier alpha value is -2.77. The summed E-state index contributed by atoms with van der Waals surface area (Å²) in [6, 6.07) is 16.1. The molecule has 0 bridgehead atoms. The van der Waals surface area contributed by atoms with E-state index in [4.69, 9.17) is 4.52 Å². The number of hydrogen-bond acceptors (Lipinski definition) is 7. The Kier molecular flexibility index (Phi) is 5.64. The third-order valence-corrected chi connectivity index (χ3v) is 5.10. The molecule has 146 valence electrons. The Labute approximate surface area is 164 Å². The molecule has 0 saturated carbocycles. The Morgan fingerprint density at radius 3 is 2.71 bits per heavy atom. The van der Waals surface area contributed by atoms with Crippen LogP contribution in [-0.4, -0.2) is 57.4 Å². The number of aryl methyl sites for hydroxylation is 1. The van der Waals surface area contributed by atoms with Crippen molar-refractivity contribution in [2.24, 2.45) is 0 Å². The van der Waals surface area contributed by atoms with E-state index in [9.17, 15) is 5.11 Å². The van der Waals surface area contributed by atoms with Gasteiger partial charge in [0.25, 0.3) is 11.8 Å². The van der Waals surface area contributed by atoms with E-state index in [2.05, 4.69) is 31.0 Å². The molecule has 7 heteroatoms. The van der Waals surface area contributed by atoms with Crippen LogP contribution < -0.4 is 4.90 Å². The lowest BCUT2D eigenvalue weighted by Gasteiger charge is -2.40. The number of aliphatic hydroxyl groups excluding tert-OH is 1. The second kappa shape index (κ2) is 8.50. The van der Waals surface area contributed by atoms with Crippen molar-refractivity contribution in [1.82, 2.24) is 20.0 Å². The van der Waals surface area contributed by atoms with Gasteiger partial charge >= 0.3 is 0 Å². The molecule has 0 spiro atoms. The van der Waals surface area contributed by atoms with E-state index in [0.717, 1.165) is 43.1 Å². The molecule has 7 nitrogen and oxygen atoms in total. The van der Waals surface area contributed by atoms with Gasteiger partial charge < -0.3 is 14.5 Å². The molecule has 2 aromatic heterocycles. The van der Waals surface area contributed by atoms with Crippen LogP contribution in [0, 0.1) is 6.92 Å². The molecule has 1 aliphatic rings. The normalized spacial score (nSPS) is 17.8. The summed E-state index contributed by atoms with van der Waals surface area (Å²) in [5.74, 6) is 1.14. The average Bonchev–Trinajstić information content (AvgIpc) is 3.20. The smallest absolute Gasteiger partial charge is 0.266 e. The standard InChI is InChI=1S/C21H25N5O2/c1-16-6-5-9-18(22-16)14-25-11-12-26(15-19(25)10-13-27)21-23-20(28-24-21)17-7-3-2-4-8-17/h2-9,19,27H,10-15H2,1H3. The van der Waals surface area contributed by atoms with Crippen LogP contribution in [0.4, 0.5) is 5.95 Å². The molecule has 28 heavy (non-hydrogen) atoms. The maximum Gasteiger partial charge on any atom is 0.266 e. The molecule has 3 heterocycles. The highest BCUT2D eigenvalue weighted by molar-refractivity contribution is 5.54. The fourth-order valence-electron chi connectivity index (χ4n) is 3.64. The van der Waals surface area contributed by atoms with E-state index in [0.29, 0.717) is 18.3 Å². The van der Waals surface area contributed by atoms with Crippen LogP contribution in [0.25, 0.3) is 11.5 Å². The van der Waals surface area contributed by atoms with Crippen LogP contribution in [0.2, 0.25) is 0 Å². The third kappa shape index (κ3) is 4.21. The van der Waals surface area contributed by atoms with Gasteiger partial charge in [-0.1, -0.05) is 24.3 Å². The zero-order valence-electron chi connectivity index (χ0n) is 16.0. The highest BCUT2D eigenvalue weighted by atomic mass is 16.5. The summed E-state index contributed by atoms with van der Waals surface area (Å²) < 4.78 is 5.46. The molecule has 0 amide bonds. The monoisotopic (exact) mass is 379 g/mol. The lowest BCUT2D eigenvalue weighted by Crippen LogP contribution is -2.53. The Balaban J connectivity index is 1.46. The van der Waals surface area contributed by atoms with Gasteiger partial charge in [-0.15, -0.1) is 0 Å². The number of piperazine rings is 1. The molecule has 1 N–H and O–H groups in total. The second-order valence-electron chi connectivity index (χ2n) is 7.12. The van der Waals surface area contributed by atoms with E-state index < -0.39 is 0 Å². The van der Waals surface area contributed by atoms with Gasteiger partial charge in [0.05, 0.1) is 5.69 Å². The predicted octanol–water partition coefficient (Wildman–Crippen LogP) is 2.51. The lowest BCUT2D eigenvalue weighted by atomic mass is 10.1. The van der Waals surface area contributed by atoms with E-state index in [1.54, 1.807) is 0 Å². The minimum Gasteiger partial charge on any atom is -0.396 e. The molecule has 4 rings (SSSR count). The van der Waals surface area contributed by atoms with Gasteiger partial charge in [-0.25, -0.2) is 0 Å². The largest absolute Gasteiger partial charge is 0.396 e. The topological polar surface area (TPSA) is 78.5 Å². The summed E-state index contributed by atoms with van der Waals surface area (Å²) in [6.45, 7) is 5.35. The minimum absolute atomic E-state index is 0.151. The molecule has 0 aliphatic carbocycles. The van der Waals surface area contributed by atoms with Crippen molar-refractivity contribution in [3.63, 3.8) is 0 Å². The Morgan fingerprint density at radius 2 is 1.93 bits per heavy atom. The zero-order chi connectivity index (χ0) is 19.3. The summed E-state index contributed by atoms with van der Waals surface area (Å²) in [7, 11) is 0. The maximum atomic E-state index is 9.55. The molecule has 0 radical (unpaired) electrons. The van der Waals surface area contributed by atoms with Crippen molar-refractivity contribution in [3.05, 3.63) is 59.9 Å². The zero-order valence-corrected chi connectivity index (χ0v) is 16.0. The first-order valence-corrected chi connectivity index (χ1v) is 9.64. The molecule has 1 aromatic carbocycles. The number of rotatable bonds is 6. The number of hydrogen-bond donors (Lipinski definition) is 1. The summed E-state index contributed by atoms with van der Waals surface area (Å²) in [4.78, 5) is 13.7. The summed E-state index contributed by atoms with van der Waals surface area (Å²) in [6.07, 6.45) is 0.700. The highest BCUT2D eigenvalue weighted by Gasteiger charge is 2.29. The summed E-state index contributed by atoms with van der Waals surface area (Å²) in [5, 5.41) is 13.7. The van der Waals surface area contributed by atoms with Crippen molar-refractivity contribution in [3.8, 4) is 11.5 Å². The number of aliphatic hydroxyl groups is 1. The fourth-order valence-corrected chi connectivity index (χ4v) is 3.64. The lowest BCUT2D eigenvalue weighted by molar-refractivity contribution is 0.133. The molecule has 1 aliphatic heterocycles. The summed E-state index contributed by atoms with van der Waals surface area (Å²) in [5.41, 5.74) is 3.00. The second-order valence-corrected chi connectivity index (χ2v) is 7.12. The molecule has 1 saturated heterocycles. The third-order valence-electron chi connectivity index (χ3n) is 5.10. The van der Waals surface area contributed by atoms with E-state index in [-0.39, 0.29) is 12.6 Å². The van der Waals surface area contributed by atoms with Gasteiger partial charge in [0, 0.05) is 50.1 Å².